The fourth-order valence-corrected chi connectivity index (χ4v) is 2.38. The van der Waals surface area contributed by atoms with E-state index >= 15 is 0 Å². The number of rotatable bonds is 2. The van der Waals surface area contributed by atoms with Crippen molar-refractivity contribution in [3.8, 4) is 0 Å². The van der Waals surface area contributed by atoms with Crippen LogP contribution in [0.4, 0.5) is 10.2 Å². The molecule has 1 fully saturated rings. The number of hydrazine groups is 1. The molecular formula is C12H21FN6. The third-order valence-corrected chi connectivity index (χ3v) is 3.54. The molecule has 0 amide bonds. The lowest BCUT2D eigenvalue weighted by Crippen LogP contribution is -2.32. The molecule has 1 aliphatic rings. The lowest BCUT2D eigenvalue weighted by molar-refractivity contribution is 0.219. The van der Waals surface area contributed by atoms with E-state index in [2.05, 4.69) is 32.2 Å². The molecule has 2 rings (SSSR count). The van der Waals surface area contributed by atoms with Crippen LogP contribution in [0.3, 0.4) is 0 Å². The summed E-state index contributed by atoms with van der Waals surface area (Å²) >= 11 is 0. The molecule has 1 saturated heterocycles. The average molecular weight is 268 g/mol. The highest BCUT2D eigenvalue weighted by molar-refractivity contribution is 5.37. The fraction of sp³-hybridized carbons (Fsp3) is 0.667. The van der Waals surface area contributed by atoms with Gasteiger partial charge in [0, 0.05) is 6.54 Å². The second kappa shape index (κ2) is 5.77. The number of aromatic nitrogens is 2. The highest BCUT2D eigenvalue weighted by Gasteiger charge is 2.26. The van der Waals surface area contributed by atoms with Gasteiger partial charge >= 0.3 is 0 Å². The van der Waals surface area contributed by atoms with Gasteiger partial charge in [-0.05, 0) is 40.5 Å². The van der Waals surface area contributed by atoms with Crippen molar-refractivity contribution < 1.29 is 4.39 Å². The minimum atomic E-state index is -0.490. The summed E-state index contributed by atoms with van der Waals surface area (Å²) in [5, 5.41) is 0. The molecule has 106 valence electrons. The zero-order valence-corrected chi connectivity index (χ0v) is 11.6. The molecule has 6 nitrogen and oxygen atoms in total. The quantitative estimate of drug-likeness (QED) is 0.602. The summed E-state index contributed by atoms with van der Waals surface area (Å²) < 4.78 is 13.7. The van der Waals surface area contributed by atoms with Crippen molar-refractivity contribution in [1.82, 2.24) is 19.8 Å². The van der Waals surface area contributed by atoms with E-state index in [4.69, 9.17) is 5.84 Å². The van der Waals surface area contributed by atoms with Crippen LogP contribution in [0.2, 0.25) is 0 Å². The van der Waals surface area contributed by atoms with Crippen molar-refractivity contribution in [3.05, 3.63) is 17.3 Å². The Bertz CT molecular complexity index is 452. The molecule has 0 spiro atoms. The van der Waals surface area contributed by atoms with Crippen LogP contribution in [0.1, 0.15) is 24.0 Å². The van der Waals surface area contributed by atoms with Gasteiger partial charge in [0.25, 0.3) is 0 Å². The van der Waals surface area contributed by atoms with Crippen LogP contribution in [-0.4, -0.2) is 53.5 Å². The maximum Gasteiger partial charge on any atom is 0.187 e. The van der Waals surface area contributed by atoms with E-state index in [0.717, 1.165) is 26.1 Å². The summed E-state index contributed by atoms with van der Waals surface area (Å²) in [6.07, 6.45) is 1.10. The van der Waals surface area contributed by atoms with E-state index in [-0.39, 0.29) is 11.9 Å². The number of hydrogen-bond donors (Lipinski definition) is 2. The zero-order chi connectivity index (χ0) is 14.0. The maximum absolute atomic E-state index is 13.7. The summed E-state index contributed by atoms with van der Waals surface area (Å²) in [4.78, 5) is 12.9. The number of nitrogen functional groups attached to an aromatic ring is 1. The van der Waals surface area contributed by atoms with Crippen molar-refractivity contribution in [2.24, 2.45) is 5.84 Å². The molecule has 0 aliphatic carbocycles. The van der Waals surface area contributed by atoms with Crippen molar-refractivity contribution in [2.45, 2.75) is 19.4 Å². The van der Waals surface area contributed by atoms with Gasteiger partial charge in [-0.2, -0.15) is 0 Å². The van der Waals surface area contributed by atoms with E-state index in [0.29, 0.717) is 11.5 Å². The Labute approximate surface area is 112 Å². The molecule has 1 atom stereocenters. The molecule has 7 heteroatoms. The van der Waals surface area contributed by atoms with Crippen LogP contribution in [0.5, 0.6) is 0 Å². The Morgan fingerprint density at radius 2 is 2.05 bits per heavy atom. The van der Waals surface area contributed by atoms with E-state index in [1.54, 1.807) is 6.92 Å². The second-order valence-electron chi connectivity index (χ2n) is 5.09. The number of likely N-dealkylation sites (N-methyl/N-ethyl adjacent to an activating group) is 2. The number of nitrogens with two attached hydrogens (primary N) is 1. The summed E-state index contributed by atoms with van der Waals surface area (Å²) in [7, 11) is 4.12. The number of hydrogen-bond acceptors (Lipinski definition) is 6. The molecule has 0 aromatic carbocycles. The van der Waals surface area contributed by atoms with Gasteiger partial charge in [0.2, 0.25) is 0 Å². The highest BCUT2D eigenvalue weighted by atomic mass is 19.1. The van der Waals surface area contributed by atoms with Gasteiger partial charge in [0.1, 0.15) is 5.82 Å². The first-order valence-electron chi connectivity index (χ1n) is 6.42. The van der Waals surface area contributed by atoms with Gasteiger partial charge < -0.3 is 10.3 Å². The van der Waals surface area contributed by atoms with E-state index in [9.17, 15) is 4.39 Å². The fourth-order valence-electron chi connectivity index (χ4n) is 2.38. The molecule has 1 aromatic rings. The van der Waals surface area contributed by atoms with Crippen LogP contribution < -0.4 is 11.3 Å². The van der Waals surface area contributed by atoms with Crippen molar-refractivity contribution >= 4 is 5.82 Å². The molecule has 3 N–H and O–H groups in total. The lowest BCUT2D eigenvalue weighted by Gasteiger charge is -2.26. The predicted molar refractivity (Wildman–Crippen MR) is 72.0 cm³/mol. The van der Waals surface area contributed by atoms with Crippen LogP contribution in [0.15, 0.2) is 0 Å². The second-order valence-corrected chi connectivity index (χ2v) is 5.09. The zero-order valence-electron chi connectivity index (χ0n) is 11.6. The molecule has 0 saturated carbocycles. The Hall–Kier alpha value is -1.31. The van der Waals surface area contributed by atoms with Crippen LogP contribution in [0, 0.1) is 12.7 Å². The summed E-state index contributed by atoms with van der Waals surface area (Å²) in [5.41, 5.74) is 2.62. The normalized spacial score (nSPS) is 22.3. The topological polar surface area (TPSA) is 70.3 Å². The minimum absolute atomic E-state index is 0.0545. The van der Waals surface area contributed by atoms with Crippen LogP contribution >= 0.6 is 0 Å². The van der Waals surface area contributed by atoms with E-state index < -0.39 is 5.82 Å². The molecule has 0 bridgehead atoms. The summed E-state index contributed by atoms with van der Waals surface area (Å²) in [5.74, 6) is 5.49. The Morgan fingerprint density at radius 1 is 1.32 bits per heavy atom. The van der Waals surface area contributed by atoms with Crippen molar-refractivity contribution in [1.29, 1.82) is 0 Å². The summed E-state index contributed by atoms with van der Waals surface area (Å²) in [6, 6.07) is 0.0545. The molecule has 0 radical (unpaired) electrons. The number of nitrogens with zero attached hydrogens (tertiary/aromatic N) is 4. The van der Waals surface area contributed by atoms with Gasteiger partial charge in [0.15, 0.2) is 11.6 Å². The first-order chi connectivity index (χ1) is 9.02. The molecular weight excluding hydrogens is 247 g/mol. The monoisotopic (exact) mass is 268 g/mol. The third kappa shape index (κ3) is 2.99. The SMILES string of the molecule is Cc1nc(C2CN(C)CCCN2C)nc(NN)c1F. The van der Waals surface area contributed by atoms with Gasteiger partial charge in [-0.1, -0.05) is 0 Å². The summed E-state index contributed by atoms with van der Waals surface area (Å²) in [6.45, 7) is 4.47. The molecule has 1 aromatic heterocycles. The number of anilines is 1. The van der Waals surface area contributed by atoms with Crippen molar-refractivity contribution in [3.63, 3.8) is 0 Å². The number of aryl methyl sites for hydroxylation is 1. The van der Waals surface area contributed by atoms with Gasteiger partial charge in [-0.15, -0.1) is 0 Å². The number of halogens is 1. The van der Waals surface area contributed by atoms with Crippen molar-refractivity contribution in [2.75, 3.05) is 39.2 Å². The highest BCUT2D eigenvalue weighted by Crippen LogP contribution is 2.23. The number of nitrogens with one attached hydrogen (secondary N) is 1. The minimum Gasteiger partial charge on any atom is -0.306 e. The Balaban J connectivity index is 2.36. The standard InChI is InChI=1S/C12H21FN6/c1-8-10(13)12(17-14)16-11(15-8)9-7-18(2)5-4-6-19(9)3/h9H,4-7,14H2,1-3H3,(H,15,16,17). The molecule has 1 aliphatic heterocycles. The molecule has 1 unspecified atom stereocenters. The van der Waals surface area contributed by atoms with Gasteiger partial charge in [-0.3, -0.25) is 4.90 Å². The molecule has 19 heavy (non-hydrogen) atoms. The Kier molecular flexibility index (Phi) is 4.28. The third-order valence-electron chi connectivity index (χ3n) is 3.54. The maximum atomic E-state index is 13.7. The largest absolute Gasteiger partial charge is 0.306 e. The van der Waals surface area contributed by atoms with Gasteiger partial charge in [-0.25, -0.2) is 20.2 Å². The first kappa shape index (κ1) is 14.1. The lowest BCUT2D eigenvalue weighted by atomic mass is 10.2. The smallest absolute Gasteiger partial charge is 0.187 e. The predicted octanol–water partition coefficient (Wildman–Crippen LogP) is 0.518. The van der Waals surface area contributed by atoms with Crippen LogP contribution in [-0.2, 0) is 0 Å². The van der Waals surface area contributed by atoms with Crippen LogP contribution in [0.25, 0.3) is 0 Å². The average Bonchev–Trinajstić information content (AvgIpc) is 2.54. The van der Waals surface area contributed by atoms with E-state index in [1.165, 1.54) is 0 Å². The van der Waals surface area contributed by atoms with E-state index in [1.807, 2.05) is 7.05 Å². The van der Waals surface area contributed by atoms with Gasteiger partial charge in [0.05, 0.1) is 11.7 Å². The first-order valence-corrected chi connectivity index (χ1v) is 6.42. The Morgan fingerprint density at radius 3 is 2.74 bits per heavy atom. The molecule has 2 heterocycles.